The van der Waals surface area contributed by atoms with Gasteiger partial charge in [-0.2, -0.15) is 0 Å². The molecule has 4 aromatic rings. The lowest BCUT2D eigenvalue weighted by molar-refractivity contribution is 0.190. The summed E-state index contributed by atoms with van der Waals surface area (Å²) in [4.78, 5) is 9.88. The maximum absolute atomic E-state index is 14.9. The summed E-state index contributed by atoms with van der Waals surface area (Å²) in [5.41, 5.74) is 3.50. The summed E-state index contributed by atoms with van der Waals surface area (Å²) >= 11 is 0. The third-order valence-corrected chi connectivity index (χ3v) is 7.78. The lowest BCUT2D eigenvalue weighted by atomic mass is 10.1. The first-order valence-corrected chi connectivity index (χ1v) is 13.4. The Morgan fingerprint density at radius 2 is 1.92 bits per heavy atom. The van der Waals surface area contributed by atoms with Gasteiger partial charge in [0.2, 0.25) is 0 Å². The Labute approximate surface area is 225 Å². The lowest BCUT2D eigenvalue weighted by Crippen LogP contribution is -2.28. The van der Waals surface area contributed by atoms with Gasteiger partial charge < -0.3 is 19.9 Å². The van der Waals surface area contributed by atoms with Crippen LogP contribution in [0.4, 0.5) is 4.39 Å². The molecule has 5 rings (SSSR count). The first kappa shape index (κ1) is 27.6. The molecule has 2 unspecified atom stereocenters. The van der Waals surface area contributed by atoms with E-state index >= 15 is 0 Å². The third kappa shape index (κ3) is 6.02. The number of ether oxygens (including phenoxy) is 1. The molecule has 2 aromatic carbocycles. The van der Waals surface area contributed by atoms with Gasteiger partial charge in [-0.3, -0.25) is 9.19 Å². The number of nitrogens with zero attached hydrogens (tertiary/aromatic N) is 4. The lowest BCUT2D eigenvalue weighted by Gasteiger charge is -2.10. The summed E-state index contributed by atoms with van der Waals surface area (Å²) in [5, 5.41) is 11.6. The van der Waals surface area contributed by atoms with Crippen LogP contribution in [0.25, 0.3) is 34.3 Å². The number of aryl methyl sites for hydroxylation is 1. The fourth-order valence-corrected chi connectivity index (χ4v) is 5.00. The maximum Gasteiger partial charge on any atom is 0.268 e. The third-order valence-electron chi connectivity index (χ3n) is 6.18. The molecular formula is C27H34FN5O4S. The number of benzene rings is 2. The largest absolute Gasteiger partial charge is 0.414 e. The van der Waals surface area contributed by atoms with Gasteiger partial charge >= 0.3 is 0 Å². The molecule has 1 fully saturated rings. The van der Waals surface area contributed by atoms with Crippen LogP contribution >= 0.6 is 0 Å². The first-order chi connectivity index (χ1) is 17.9. The molecule has 1 saturated heterocycles. The van der Waals surface area contributed by atoms with Crippen LogP contribution in [-0.2, 0) is 22.1 Å². The summed E-state index contributed by atoms with van der Waals surface area (Å²) in [6, 6.07) is 12.7. The summed E-state index contributed by atoms with van der Waals surface area (Å²) in [6.45, 7) is 7.62. The Balaban J connectivity index is 0.00000187. The van der Waals surface area contributed by atoms with E-state index in [2.05, 4.69) is 25.5 Å². The Hall–Kier alpha value is -3.38. The molecule has 2 aromatic heterocycles. The van der Waals surface area contributed by atoms with E-state index in [-0.39, 0.29) is 30.9 Å². The highest BCUT2D eigenvalue weighted by atomic mass is 32.2. The van der Waals surface area contributed by atoms with Crippen molar-refractivity contribution in [3.63, 3.8) is 0 Å². The molecule has 38 heavy (non-hydrogen) atoms. The minimum Gasteiger partial charge on any atom is -0.414 e. The van der Waals surface area contributed by atoms with Gasteiger partial charge in [0.1, 0.15) is 11.5 Å². The minimum absolute atomic E-state index is 0. The molecule has 0 saturated carbocycles. The van der Waals surface area contributed by atoms with Gasteiger partial charge in [0.25, 0.3) is 11.8 Å². The van der Waals surface area contributed by atoms with E-state index in [1.54, 1.807) is 19.2 Å². The van der Waals surface area contributed by atoms with Crippen molar-refractivity contribution >= 4 is 10.8 Å². The van der Waals surface area contributed by atoms with Gasteiger partial charge in [-0.1, -0.05) is 32.0 Å². The van der Waals surface area contributed by atoms with Crippen molar-refractivity contribution in [1.29, 1.82) is 0 Å². The minimum atomic E-state index is -1.07. The molecule has 2 atom stereocenters. The highest BCUT2D eigenvalue weighted by Gasteiger charge is 2.19. The van der Waals surface area contributed by atoms with Crippen LogP contribution in [-0.4, -0.2) is 54.4 Å². The standard InChI is InChI=1S/C27H28FN5O3S.H2O.2H2/c1-16(2)37(34)21-7-5-19(6-8-21)24-14-29-17(3)25(31-24)27-33-32-26(36-27)22-9-4-18(12-23(22)28)13-30-20-10-11-35-15-20;;;/h4-9,12,14,16,20,30H,10-11,13,15H2,1-3H3;1H2;2*1H. The molecule has 0 amide bonds. The number of halogens is 1. The second kappa shape index (κ2) is 12.0. The Kier molecular flexibility index (Phi) is 8.72. The molecule has 204 valence electrons. The zero-order valence-corrected chi connectivity index (χ0v) is 22.2. The van der Waals surface area contributed by atoms with E-state index < -0.39 is 16.6 Å². The summed E-state index contributed by atoms with van der Waals surface area (Å²) in [5.74, 6) is -0.207. The Bertz CT molecular complexity index is 1430. The van der Waals surface area contributed by atoms with Crippen molar-refractivity contribution in [1.82, 2.24) is 25.5 Å². The Morgan fingerprint density at radius 3 is 2.61 bits per heavy atom. The van der Waals surface area contributed by atoms with E-state index in [1.807, 2.05) is 44.2 Å². The molecule has 1 aliphatic rings. The van der Waals surface area contributed by atoms with Crippen molar-refractivity contribution in [2.45, 2.75) is 49.9 Å². The van der Waals surface area contributed by atoms with Crippen molar-refractivity contribution in [2.75, 3.05) is 13.2 Å². The van der Waals surface area contributed by atoms with Crippen LogP contribution in [0.3, 0.4) is 0 Å². The molecule has 0 bridgehead atoms. The normalized spacial score (nSPS) is 16.0. The predicted octanol–water partition coefficient (Wildman–Crippen LogP) is 4.37. The number of nitrogens with one attached hydrogen (secondary N) is 1. The molecule has 0 aliphatic carbocycles. The topological polar surface area (TPSA) is 135 Å². The van der Waals surface area contributed by atoms with Gasteiger partial charge in [0, 0.05) is 37.8 Å². The van der Waals surface area contributed by atoms with Crippen LogP contribution in [0, 0.1) is 12.7 Å². The monoisotopic (exact) mass is 543 g/mol. The van der Waals surface area contributed by atoms with E-state index in [1.165, 1.54) is 6.07 Å². The fourth-order valence-electron chi connectivity index (χ4n) is 4.05. The second-order valence-corrected chi connectivity index (χ2v) is 11.2. The number of hydrogen-bond donors (Lipinski definition) is 1. The van der Waals surface area contributed by atoms with Crippen LogP contribution in [0.15, 0.2) is 58.0 Å². The molecule has 3 heterocycles. The molecular weight excluding hydrogens is 509 g/mol. The van der Waals surface area contributed by atoms with Crippen molar-refractivity contribution in [2.24, 2.45) is 0 Å². The van der Waals surface area contributed by atoms with E-state index in [0.29, 0.717) is 36.3 Å². The molecule has 1 aliphatic heterocycles. The van der Waals surface area contributed by atoms with Gasteiger partial charge in [-0.25, -0.2) is 9.37 Å². The van der Waals surface area contributed by atoms with Crippen LogP contribution in [0.2, 0.25) is 0 Å². The SMILES string of the molecule is Cc1ncc(-c2ccc(S(=O)C(C)C)cc2)nc1-c1nnc(-c2ccc(CNC3CCOC3)cc2F)o1.O.[HH].[HH]. The summed E-state index contributed by atoms with van der Waals surface area (Å²) < 4.78 is 38.5. The molecule has 11 heteroatoms. The highest BCUT2D eigenvalue weighted by Crippen LogP contribution is 2.28. The second-order valence-electron chi connectivity index (χ2n) is 9.23. The molecule has 9 nitrogen and oxygen atoms in total. The number of aromatic nitrogens is 4. The van der Waals surface area contributed by atoms with E-state index in [9.17, 15) is 8.60 Å². The van der Waals surface area contributed by atoms with Crippen LogP contribution in [0.1, 0.15) is 34.4 Å². The first-order valence-electron chi connectivity index (χ1n) is 12.2. The zero-order valence-electron chi connectivity index (χ0n) is 21.4. The summed E-state index contributed by atoms with van der Waals surface area (Å²) in [7, 11) is -1.07. The van der Waals surface area contributed by atoms with Crippen LogP contribution < -0.4 is 5.32 Å². The van der Waals surface area contributed by atoms with Gasteiger partial charge in [0.05, 0.1) is 40.6 Å². The van der Waals surface area contributed by atoms with Crippen molar-refractivity contribution < 1.29 is 26.1 Å². The maximum atomic E-state index is 14.9. The van der Waals surface area contributed by atoms with E-state index in [0.717, 1.165) is 29.1 Å². The van der Waals surface area contributed by atoms with Gasteiger partial charge in [-0.15, -0.1) is 10.2 Å². The number of hydrogen-bond acceptors (Lipinski definition) is 8. The van der Waals surface area contributed by atoms with Crippen molar-refractivity contribution in [3.8, 4) is 34.3 Å². The van der Waals surface area contributed by atoms with Gasteiger partial charge in [0.15, 0.2) is 0 Å². The van der Waals surface area contributed by atoms with Gasteiger partial charge in [-0.05, 0) is 43.2 Å². The highest BCUT2D eigenvalue weighted by molar-refractivity contribution is 7.85. The Morgan fingerprint density at radius 1 is 1.16 bits per heavy atom. The molecule has 0 spiro atoms. The summed E-state index contributed by atoms with van der Waals surface area (Å²) in [6.07, 6.45) is 2.62. The molecule has 3 N–H and O–H groups in total. The molecule has 0 radical (unpaired) electrons. The van der Waals surface area contributed by atoms with Crippen LogP contribution in [0.5, 0.6) is 0 Å². The fraction of sp³-hybridized carbons (Fsp3) is 0.333. The van der Waals surface area contributed by atoms with Crippen molar-refractivity contribution in [3.05, 3.63) is 65.7 Å². The zero-order chi connectivity index (χ0) is 25.9. The average Bonchev–Trinajstić information content (AvgIpc) is 3.60. The smallest absolute Gasteiger partial charge is 0.268 e. The van der Waals surface area contributed by atoms with E-state index in [4.69, 9.17) is 9.15 Å². The average molecular weight is 544 g/mol. The quantitative estimate of drug-likeness (QED) is 0.346. The number of rotatable bonds is 8. The predicted molar refractivity (Wildman–Crippen MR) is 146 cm³/mol.